The van der Waals surface area contributed by atoms with Gasteiger partial charge in [-0.2, -0.15) is 0 Å². The van der Waals surface area contributed by atoms with Gasteiger partial charge in [0.05, 0.1) is 13.4 Å². The monoisotopic (exact) mass is 193 g/mol. The summed E-state index contributed by atoms with van der Waals surface area (Å²) in [7, 11) is 1.70. The molecule has 1 N–H and O–H groups in total. The lowest BCUT2D eigenvalue weighted by Gasteiger charge is -2.19. The fourth-order valence-electron chi connectivity index (χ4n) is 3.66. The quantitative estimate of drug-likeness (QED) is 0.629. The number of hydrogen-bond acceptors (Lipinski definition) is 2. The Hall–Kier alpha value is -0.990. The zero-order chi connectivity index (χ0) is 9.71. The van der Waals surface area contributed by atoms with Gasteiger partial charge in [-0.15, -0.1) is 0 Å². The fourth-order valence-corrected chi connectivity index (χ4v) is 3.66. The van der Waals surface area contributed by atoms with E-state index in [4.69, 9.17) is 4.74 Å². The van der Waals surface area contributed by atoms with Crippen molar-refractivity contribution >= 4 is 5.91 Å². The molecule has 1 amide bonds. The molecule has 1 aliphatic heterocycles. The summed E-state index contributed by atoms with van der Waals surface area (Å²) in [6.45, 7) is 0.881. The molecule has 3 aliphatic rings. The van der Waals surface area contributed by atoms with E-state index in [1.807, 2.05) is 6.26 Å². The highest BCUT2D eigenvalue weighted by Gasteiger charge is 2.56. The van der Waals surface area contributed by atoms with Gasteiger partial charge in [0, 0.05) is 12.5 Å². The number of carbonyl (C=O) groups excluding carboxylic acids is 1. The van der Waals surface area contributed by atoms with Crippen LogP contribution in [-0.4, -0.2) is 19.6 Å². The lowest BCUT2D eigenvalue weighted by molar-refractivity contribution is -0.124. The maximum atomic E-state index is 11.6. The first-order chi connectivity index (χ1) is 6.83. The fraction of sp³-hybridized carbons (Fsp3) is 0.727. The second-order valence-corrected chi connectivity index (χ2v) is 4.58. The van der Waals surface area contributed by atoms with Crippen molar-refractivity contribution in [2.45, 2.75) is 12.8 Å². The summed E-state index contributed by atoms with van der Waals surface area (Å²) in [6.07, 6.45) is 4.30. The first-order valence-electron chi connectivity index (χ1n) is 5.33. The van der Waals surface area contributed by atoms with Crippen LogP contribution in [0.2, 0.25) is 0 Å². The van der Waals surface area contributed by atoms with Gasteiger partial charge >= 0.3 is 0 Å². The topological polar surface area (TPSA) is 38.3 Å². The van der Waals surface area contributed by atoms with Crippen LogP contribution in [0.1, 0.15) is 12.8 Å². The SMILES string of the molecule is CO/C=C1\[C@H]2CC[C@@H]1[C@H]1C(=O)NC[C@H]12. The van der Waals surface area contributed by atoms with Gasteiger partial charge in [-0.1, -0.05) is 0 Å². The first-order valence-corrected chi connectivity index (χ1v) is 5.33. The van der Waals surface area contributed by atoms with Gasteiger partial charge in [-0.3, -0.25) is 4.79 Å². The zero-order valence-corrected chi connectivity index (χ0v) is 8.32. The van der Waals surface area contributed by atoms with Crippen molar-refractivity contribution in [2.24, 2.45) is 23.7 Å². The molecule has 0 aromatic carbocycles. The number of hydrogen-bond donors (Lipinski definition) is 1. The Kier molecular flexibility index (Phi) is 1.64. The van der Waals surface area contributed by atoms with E-state index in [-0.39, 0.29) is 11.8 Å². The minimum atomic E-state index is 0.259. The summed E-state index contributed by atoms with van der Waals surface area (Å²) in [5.74, 6) is 2.18. The van der Waals surface area contributed by atoms with E-state index >= 15 is 0 Å². The third kappa shape index (κ3) is 0.851. The Morgan fingerprint density at radius 3 is 2.93 bits per heavy atom. The molecule has 0 aromatic rings. The predicted molar refractivity (Wildman–Crippen MR) is 51.3 cm³/mol. The molecule has 0 unspecified atom stereocenters. The molecule has 3 fully saturated rings. The highest BCUT2D eigenvalue weighted by molar-refractivity contribution is 5.83. The smallest absolute Gasteiger partial charge is 0.224 e. The molecule has 4 atom stereocenters. The molecule has 76 valence electrons. The average Bonchev–Trinajstić information content (AvgIpc) is 2.80. The largest absolute Gasteiger partial charge is 0.504 e. The summed E-state index contributed by atoms with van der Waals surface area (Å²) in [6, 6.07) is 0. The lowest BCUT2D eigenvalue weighted by Crippen LogP contribution is -2.24. The van der Waals surface area contributed by atoms with Gasteiger partial charge in [0.25, 0.3) is 0 Å². The third-order valence-electron chi connectivity index (χ3n) is 4.13. The van der Waals surface area contributed by atoms with Crippen LogP contribution in [-0.2, 0) is 9.53 Å². The molecule has 3 rings (SSSR count). The van der Waals surface area contributed by atoms with Crippen molar-refractivity contribution in [1.29, 1.82) is 0 Å². The minimum Gasteiger partial charge on any atom is -0.504 e. The van der Waals surface area contributed by atoms with E-state index in [0.717, 1.165) is 6.54 Å². The first kappa shape index (κ1) is 8.33. The van der Waals surface area contributed by atoms with Crippen molar-refractivity contribution in [1.82, 2.24) is 5.32 Å². The molecule has 14 heavy (non-hydrogen) atoms. The number of carbonyl (C=O) groups is 1. The second-order valence-electron chi connectivity index (χ2n) is 4.58. The van der Waals surface area contributed by atoms with Gasteiger partial charge in [-0.25, -0.2) is 0 Å². The zero-order valence-electron chi connectivity index (χ0n) is 8.32. The van der Waals surface area contributed by atoms with Crippen LogP contribution < -0.4 is 5.32 Å². The van der Waals surface area contributed by atoms with Crippen molar-refractivity contribution in [3.05, 3.63) is 11.8 Å². The van der Waals surface area contributed by atoms with Crippen molar-refractivity contribution in [2.75, 3.05) is 13.7 Å². The number of allylic oxidation sites excluding steroid dienone is 1. The van der Waals surface area contributed by atoms with E-state index in [1.54, 1.807) is 7.11 Å². The normalized spacial score (nSPS) is 46.9. The van der Waals surface area contributed by atoms with Crippen LogP contribution in [0.15, 0.2) is 11.8 Å². The van der Waals surface area contributed by atoms with Crippen LogP contribution >= 0.6 is 0 Å². The Labute approximate surface area is 83.5 Å². The number of amides is 1. The summed E-state index contributed by atoms with van der Waals surface area (Å²) in [5.41, 5.74) is 1.40. The van der Waals surface area contributed by atoms with Gasteiger partial charge < -0.3 is 10.1 Å². The Morgan fingerprint density at radius 2 is 2.21 bits per heavy atom. The number of methoxy groups -OCH3 is 1. The summed E-state index contributed by atoms with van der Waals surface area (Å²) >= 11 is 0. The van der Waals surface area contributed by atoms with Crippen LogP contribution in [0.25, 0.3) is 0 Å². The molecule has 2 bridgehead atoms. The highest BCUT2D eigenvalue weighted by Crippen LogP contribution is 2.57. The molecule has 2 aliphatic carbocycles. The van der Waals surface area contributed by atoms with Crippen LogP contribution in [0.3, 0.4) is 0 Å². The van der Waals surface area contributed by atoms with Crippen LogP contribution in [0.5, 0.6) is 0 Å². The Morgan fingerprint density at radius 1 is 1.43 bits per heavy atom. The lowest BCUT2D eigenvalue weighted by atomic mass is 9.81. The summed E-state index contributed by atoms with van der Waals surface area (Å²) < 4.78 is 5.11. The molecule has 1 heterocycles. The van der Waals surface area contributed by atoms with Gasteiger partial charge in [0.15, 0.2) is 0 Å². The maximum absolute atomic E-state index is 11.6. The molecular formula is C11H15NO2. The summed E-state index contributed by atoms with van der Waals surface area (Å²) in [4.78, 5) is 11.6. The molecule has 3 nitrogen and oxygen atoms in total. The standard InChI is InChI=1S/C11H15NO2/c1-14-5-9-6-2-3-7(9)10-8(6)4-12-11(10)13/h5-8,10H,2-4H2,1H3,(H,12,13)/b9-5+/t6-,7-,8-,10+/m0/s1. The van der Waals surface area contributed by atoms with Crippen LogP contribution in [0.4, 0.5) is 0 Å². The number of rotatable bonds is 1. The molecule has 0 aromatic heterocycles. The number of nitrogens with one attached hydrogen (secondary N) is 1. The van der Waals surface area contributed by atoms with E-state index < -0.39 is 0 Å². The van der Waals surface area contributed by atoms with Crippen molar-refractivity contribution in [3.63, 3.8) is 0 Å². The molecular weight excluding hydrogens is 178 g/mol. The van der Waals surface area contributed by atoms with E-state index in [1.165, 1.54) is 18.4 Å². The van der Waals surface area contributed by atoms with Crippen molar-refractivity contribution < 1.29 is 9.53 Å². The molecule has 1 saturated heterocycles. The number of ether oxygens (including phenoxy) is 1. The summed E-state index contributed by atoms with van der Waals surface area (Å²) in [5, 5.41) is 2.98. The number of fused-ring (bicyclic) bond motifs is 5. The van der Waals surface area contributed by atoms with Gasteiger partial charge in [0.2, 0.25) is 5.91 Å². The highest BCUT2D eigenvalue weighted by atomic mass is 16.5. The Balaban J connectivity index is 1.96. The second kappa shape index (κ2) is 2.75. The van der Waals surface area contributed by atoms with Crippen LogP contribution in [0, 0.1) is 23.7 Å². The maximum Gasteiger partial charge on any atom is 0.224 e. The van der Waals surface area contributed by atoms with Gasteiger partial charge in [0.1, 0.15) is 0 Å². The average molecular weight is 193 g/mol. The molecule has 3 heteroatoms. The predicted octanol–water partition coefficient (Wildman–Crippen LogP) is 0.919. The van der Waals surface area contributed by atoms with E-state index in [2.05, 4.69) is 5.32 Å². The third-order valence-corrected chi connectivity index (χ3v) is 4.13. The van der Waals surface area contributed by atoms with Crippen molar-refractivity contribution in [3.8, 4) is 0 Å². The molecule has 2 saturated carbocycles. The van der Waals surface area contributed by atoms with Gasteiger partial charge in [-0.05, 0) is 36.2 Å². The Bertz CT molecular complexity index is 310. The van der Waals surface area contributed by atoms with E-state index in [9.17, 15) is 4.79 Å². The minimum absolute atomic E-state index is 0.259. The van der Waals surface area contributed by atoms with E-state index in [0.29, 0.717) is 17.8 Å². The molecule has 0 radical (unpaired) electrons. The molecule has 0 spiro atoms.